The summed E-state index contributed by atoms with van der Waals surface area (Å²) in [5.41, 5.74) is 2.42. The van der Waals surface area contributed by atoms with E-state index in [1.807, 2.05) is 36.4 Å². The average Bonchev–Trinajstić information content (AvgIpc) is 2.54. The van der Waals surface area contributed by atoms with Crippen molar-refractivity contribution < 1.29 is 9.66 Å². The van der Waals surface area contributed by atoms with E-state index in [9.17, 15) is 10.1 Å². The number of benzene rings is 2. The maximum absolute atomic E-state index is 11.2. The van der Waals surface area contributed by atoms with Crippen molar-refractivity contribution in [3.63, 3.8) is 0 Å². The number of rotatable bonds is 8. The fraction of sp³-hybridized carbons (Fsp3) is 0.294. The van der Waals surface area contributed by atoms with E-state index in [0.29, 0.717) is 31.0 Å². The van der Waals surface area contributed by atoms with Crippen LogP contribution in [0.25, 0.3) is 0 Å². The van der Waals surface area contributed by atoms with E-state index in [0.717, 1.165) is 16.5 Å². The predicted octanol–water partition coefficient (Wildman–Crippen LogP) is 4.68. The quantitative estimate of drug-likeness (QED) is 0.411. The van der Waals surface area contributed by atoms with Gasteiger partial charge in [-0.3, -0.25) is 10.1 Å². The van der Waals surface area contributed by atoms with Crippen LogP contribution in [0, 0.1) is 17.0 Å². The lowest BCUT2D eigenvalue weighted by atomic mass is 10.1. The van der Waals surface area contributed by atoms with Crippen molar-refractivity contribution in [2.45, 2.75) is 20.0 Å². The van der Waals surface area contributed by atoms with E-state index in [1.54, 1.807) is 13.0 Å². The van der Waals surface area contributed by atoms with Crippen LogP contribution < -0.4 is 5.32 Å². The SMILES string of the molecule is Cc1c(Br)ccc(NCCCOCc2ccccc2)c1[N+](=O)[O-]. The monoisotopic (exact) mass is 378 g/mol. The summed E-state index contributed by atoms with van der Waals surface area (Å²) in [5, 5.41) is 14.3. The van der Waals surface area contributed by atoms with Crippen LogP contribution in [0.2, 0.25) is 0 Å². The van der Waals surface area contributed by atoms with E-state index >= 15 is 0 Å². The lowest BCUT2D eigenvalue weighted by Crippen LogP contribution is -2.08. The fourth-order valence-electron chi connectivity index (χ4n) is 2.22. The molecule has 0 aliphatic heterocycles. The number of ether oxygens (including phenoxy) is 1. The van der Waals surface area contributed by atoms with Gasteiger partial charge in [-0.25, -0.2) is 0 Å². The van der Waals surface area contributed by atoms with Gasteiger partial charge in [0.2, 0.25) is 0 Å². The Kier molecular flexibility index (Phi) is 6.55. The van der Waals surface area contributed by atoms with Crippen LogP contribution in [-0.4, -0.2) is 18.1 Å². The summed E-state index contributed by atoms with van der Waals surface area (Å²) in [6.07, 6.45) is 0.777. The molecule has 0 spiro atoms. The first kappa shape index (κ1) is 17.4. The first-order chi connectivity index (χ1) is 11.1. The molecule has 0 saturated carbocycles. The average molecular weight is 379 g/mol. The molecule has 0 aromatic heterocycles. The maximum Gasteiger partial charge on any atom is 0.296 e. The van der Waals surface area contributed by atoms with Crippen LogP contribution in [0.4, 0.5) is 11.4 Å². The van der Waals surface area contributed by atoms with Crippen molar-refractivity contribution in [3.05, 3.63) is 68.2 Å². The van der Waals surface area contributed by atoms with E-state index in [-0.39, 0.29) is 10.6 Å². The summed E-state index contributed by atoms with van der Waals surface area (Å²) in [4.78, 5) is 10.9. The van der Waals surface area contributed by atoms with E-state index in [2.05, 4.69) is 21.2 Å². The number of nitro benzene ring substituents is 1. The van der Waals surface area contributed by atoms with Crippen LogP contribution in [0.1, 0.15) is 17.5 Å². The molecule has 0 saturated heterocycles. The molecule has 1 N–H and O–H groups in total. The largest absolute Gasteiger partial charge is 0.379 e. The van der Waals surface area contributed by atoms with Crippen LogP contribution in [0.5, 0.6) is 0 Å². The van der Waals surface area contributed by atoms with E-state index in [1.165, 1.54) is 0 Å². The Labute approximate surface area is 143 Å². The number of anilines is 1. The zero-order chi connectivity index (χ0) is 16.7. The first-order valence-corrected chi connectivity index (χ1v) is 8.18. The van der Waals surface area contributed by atoms with Gasteiger partial charge in [0.25, 0.3) is 5.69 Å². The summed E-state index contributed by atoms with van der Waals surface area (Å²) < 4.78 is 6.33. The first-order valence-electron chi connectivity index (χ1n) is 7.38. The lowest BCUT2D eigenvalue weighted by molar-refractivity contribution is -0.384. The molecule has 0 aliphatic carbocycles. The molecule has 0 aliphatic rings. The molecule has 0 amide bonds. The molecule has 2 aromatic rings. The van der Waals surface area contributed by atoms with Crippen LogP contribution in [0.15, 0.2) is 46.9 Å². The number of nitro groups is 1. The van der Waals surface area contributed by atoms with Gasteiger partial charge in [0.15, 0.2) is 0 Å². The minimum absolute atomic E-state index is 0.115. The molecule has 122 valence electrons. The second-order valence-corrected chi connectivity index (χ2v) is 6.00. The minimum Gasteiger partial charge on any atom is -0.379 e. The highest BCUT2D eigenvalue weighted by Crippen LogP contribution is 2.33. The van der Waals surface area contributed by atoms with E-state index < -0.39 is 0 Å². The third kappa shape index (κ3) is 5.04. The number of nitrogens with zero attached hydrogens (tertiary/aromatic N) is 1. The topological polar surface area (TPSA) is 64.4 Å². The Balaban J connectivity index is 1.78. The highest BCUT2D eigenvalue weighted by molar-refractivity contribution is 9.10. The molecule has 0 bridgehead atoms. The molecule has 23 heavy (non-hydrogen) atoms. The fourth-order valence-corrected chi connectivity index (χ4v) is 2.53. The predicted molar refractivity (Wildman–Crippen MR) is 94.7 cm³/mol. The second-order valence-electron chi connectivity index (χ2n) is 5.14. The summed E-state index contributed by atoms with van der Waals surface area (Å²) in [6, 6.07) is 13.5. The lowest BCUT2D eigenvalue weighted by Gasteiger charge is -2.10. The molecular weight excluding hydrogens is 360 g/mol. The molecule has 0 unspecified atom stereocenters. The summed E-state index contributed by atoms with van der Waals surface area (Å²) in [5.74, 6) is 0. The van der Waals surface area contributed by atoms with Gasteiger partial charge in [-0.2, -0.15) is 0 Å². The normalized spacial score (nSPS) is 10.5. The van der Waals surface area contributed by atoms with Gasteiger partial charge in [-0.1, -0.05) is 46.3 Å². The molecule has 2 rings (SSSR count). The molecule has 0 fully saturated rings. The van der Waals surface area contributed by atoms with Crippen molar-refractivity contribution in [1.29, 1.82) is 0 Å². The highest BCUT2D eigenvalue weighted by Gasteiger charge is 2.18. The minimum atomic E-state index is -0.353. The van der Waals surface area contributed by atoms with Crippen LogP contribution in [-0.2, 0) is 11.3 Å². The zero-order valence-electron chi connectivity index (χ0n) is 12.9. The smallest absolute Gasteiger partial charge is 0.296 e. The number of hydrogen-bond donors (Lipinski definition) is 1. The number of hydrogen-bond acceptors (Lipinski definition) is 4. The van der Waals surface area contributed by atoms with Gasteiger partial charge in [0, 0.05) is 23.2 Å². The Morgan fingerprint density at radius 2 is 1.96 bits per heavy atom. The maximum atomic E-state index is 11.2. The third-order valence-corrected chi connectivity index (χ3v) is 4.30. The van der Waals surface area contributed by atoms with Gasteiger partial charge < -0.3 is 10.1 Å². The Bertz CT molecular complexity index is 662. The Morgan fingerprint density at radius 1 is 1.22 bits per heavy atom. The van der Waals surface area contributed by atoms with Crippen molar-refractivity contribution in [1.82, 2.24) is 0 Å². The number of halogens is 1. The molecule has 6 heteroatoms. The van der Waals surface area contributed by atoms with Crippen molar-refractivity contribution in [3.8, 4) is 0 Å². The van der Waals surface area contributed by atoms with Crippen molar-refractivity contribution in [2.24, 2.45) is 0 Å². The Hall–Kier alpha value is -1.92. The van der Waals surface area contributed by atoms with Gasteiger partial charge in [0.1, 0.15) is 5.69 Å². The van der Waals surface area contributed by atoms with Gasteiger partial charge in [-0.15, -0.1) is 0 Å². The molecule has 0 heterocycles. The summed E-state index contributed by atoms with van der Waals surface area (Å²) in [6.45, 7) is 3.54. The van der Waals surface area contributed by atoms with Gasteiger partial charge >= 0.3 is 0 Å². The Morgan fingerprint density at radius 3 is 2.65 bits per heavy atom. The molecule has 5 nitrogen and oxygen atoms in total. The van der Waals surface area contributed by atoms with Crippen LogP contribution >= 0.6 is 15.9 Å². The molecule has 0 radical (unpaired) electrons. The molecule has 2 aromatic carbocycles. The molecule has 0 atom stereocenters. The zero-order valence-corrected chi connectivity index (χ0v) is 14.5. The van der Waals surface area contributed by atoms with Gasteiger partial charge in [0.05, 0.1) is 11.5 Å². The van der Waals surface area contributed by atoms with Crippen LogP contribution in [0.3, 0.4) is 0 Å². The number of nitrogens with one attached hydrogen (secondary N) is 1. The summed E-state index contributed by atoms with van der Waals surface area (Å²) in [7, 11) is 0. The van der Waals surface area contributed by atoms with Gasteiger partial charge in [-0.05, 0) is 31.0 Å². The van der Waals surface area contributed by atoms with Crippen molar-refractivity contribution in [2.75, 3.05) is 18.5 Å². The van der Waals surface area contributed by atoms with Crippen molar-refractivity contribution >= 4 is 27.3 Å². The highest BCUT2D eigenvalue weighted by atomic mass is 79.9. The van der Waals surface area contributed by atoms with E-state index in [4.69, 9.17) is 4.74 Å². The third-order valence-electron chi connectivity index (χ3n) is 3.44. The standard InChI is InChI=1S/C17H19BrN2O3/c1-13-15(18)8-9-16(17(13)20(21)22)19-10-5-11-23-12-14-6-3-2-4-7-14/h2-4,6-9,19H,5,10-12H2,1H3. The molecular formula is C17H19BrN2O3. The summed E-state index contributed by atoms with van der Waals surface area (Å²) >= 11 is 3.32. The second kappa shape index (κ2) is 8.64.